The van der Waals surface area contributed by atoms with E-state index >= 15 is 0 Å². The topological polar surface area (TPSA) is 43.6 Å². The summed E-state index contributed by atoms with van der Waals surface area (Å²) in [6, 6.07) is 17.7. The molecule has 3 aromatic rings. The van der Waals surface area contributed by atoms with Crippen LogP contribution in [0.1, 0.15) is 41.7 Å². The van der Waals surface area contributed by atoms with Crippen molar-refractivity contribution in [2.24, 2.45) is 11.8 Å². The highest BCUT2D eigenvalue weighted by molar-refractivity contribution is 5.49. The van der Waals surface area contributed by atoms with E-state index in [1.807, 2.05) is 30.6 Å². The summed E-state index contributed by atoms with van der Waals surface area (Å²) in [5.74, 6) is 2.16. The van der Waals surface area contributed by atoms with Gasteiger partial charge in [0.1, 0.15) is 11.5 Å². The molecule has 2 aromatic carbocycles. The molecule has 4 heteroatoms. The minimum atomic E-state index is -0.611. The molecule has 0 amide bonds. The third-order valence-corrected chi connectivity index (χ3v) is 6.59. The molecule has 1 radical (unpaired) electrons. The minimum absolute atomic E-state index is 0.0713. The van der Waals surface area contributed by atoms with Crippen LogP contribution in [0.25, 0.3) is 0 Å². The molecule has 0 fully saturated rings. The predicted molar refractivity (Wildman–Crippen MR) is 123 cm³/mol. The molecule has 0 saturated carbocycles. The third-order valence-electron chi connectivity index (χ3n) is 6.59. The Morgan fingerprint density at radius 2 is 1.74 bits per heavy atom. The van der Waals surface area contributed by atoms with E-state index in [1.54, 1.807) is 14.2 Å². The highest BCUT2D eigenvalue weighted by Crippen LogP contribution is 2.39. The van der Waals surface area contributed by atoms with E-state index in [4.69, 9.17) is 9.47 Å². The molecule has 163 valence electrons. The molecule has 0 unspecified atom stereocenters. The van der Waals surface area contributed by atoms with Gasteiger partial charge in [-0.2, -0.15) is 0 Å². The largest absolute Gasteiger partial charge is 0.496 e. The molecular weight excluding hydrogens is 386 g/mol. The molecule has 1 aromatic heterocycles. The summed E-state index contributed by atoms with van der Waals surface area (Å²) in [5.41, 5.74) is 4.78. The number of aliphatic hydroxyl groups is 1. The second-order valence-electron chi connectivity index (χ2n) is 8.55. The predicted octanol–water partition coefficient (Wildman–Crippen LogP) is 5.02. The lowest BCUT2D eigenvalue weighted by Gasteiger charge is -2.27. The highest BCUT2D eigenvalue weighted by atomic mass is 16.5. The van der Waals surface area contributed by atoms with Gasteiger partial charge < -0.3 is 19.1 Å². The molecule has 0 spiro atoms. The van der Waals surface area contributed by atoms with E-state index < -0.39 is 6.10 Å². The maximum atomic E-state index is 11.5. The van der Waals surface area contributed by atoms with Gasteiger partial charge in [0.15, 0.2) is 0 Å². The summed E-state index contributed by atoms with van der Waals surface area (Å²) in [7, 11) is 3.35. The first kappa shape index (κ1) is 21.5. The molecule has 2 atom stereocenters. The smallest absolute Gasteiger partial charge is 0.126 e. The van der Waals surface area contributed by atoms with Gasteiger partial charge in [-0.3, -0.25) is 0 Å². The van der Waals surface area contributed by atoms with Crippen molar-refractivity contribution >= 4 is 0 Å². The van der Waals surface area contributed by atoms with Crippen molar-refractivity contribution in [2.45, 2.75) is 45.3 Å². The standard InChI is InChI=1S/C27H32NO3/c1-4-24-25(30-2)16-22(17-26(24)31-3)27(29)23(18-28-11-7-8-12-28)15-19-13-20-9-5-6-10-21(20)14-19/h5-7,9-12,16-17,19,23,27,29H,4,13-15,18H2,1-3H3/t23-,27+/m0/s1. The van der Waals surface area contributed by atoms with Crippen molar-refractivity contribution in [1.82, 2.24) is 4.57 Å². The van der Waals surface area contributed by atoms with Gasteiger partial charge in [0, 0.05) is 36.5 Å². The average molecular weight is 419 g/mol. The summed E-state index contributed by atoms with van der Waals surface area (Å²) in [4.78, 5) is 0. The molecule has 1 aliphatic rings. The number of aromatic nitrogens is 1. The zero-order valence-electron chi connectivity index (χ0n) is 18.7. The van der Waals surface area contributed by atoms with Crippen molar-refractivity contribution in [3.8, 4) is 11.5 Å². The normalized spacial score (nSPS) is 15.5. The maximum absolute atomic E-state index is 11.5. The summed E-state index contributed by atoms with van der Waals surface area (Å²) >= 11 is 0. The monoisotopic (exact) mass is 418 g/mol. The van der Waals surface area contributed by atoms with Crippen LogP contribution in [-0.2, 0) is 25.8 Å². The second kappa shape index (κ2) is 9.61. The van der Waals surface area contributed by atoms with E-state index in [0.29, 0.717) is 5.92 Å². The minimum Gasteiger partial charge on any atom is -0.496 e. The maximum Gasteiger partial charge on any atom is 0.126 e. The second-order valence-corrected chi connectivity index (χ2v) is 8.55. The zero-order chi connectivity index (χ0) is 21.8. The van der Waals surface area contributed by atoms with E-state index in [-0.39, 0.29) is 5.92 Å². The number of hydrogen-bond donors (Lipinski definition) is 1. The fourth-order valence-electron chi connectivity index (χ4n) is 5.05. The van der Waals surface area contributed by atoms with E-state index in [0.717, 1.165) is 54.9 Å². The molecule has 31 heavy (non-hydrogen) atoms. The number of methoxy groups -OCH3 is 2. The lowest BCUT2D eigenvalue weighted by molar-refractivity contribution is 0.0815. The quantitative estimate of drug-likeness (QED) is 0.530. The Morgan fingerprint density at radius 3 is 2.26 bits per heavy atom. The number of rotatable bonds is 9. The van der Waals surface area contributed by atoms with Crippen LogP contribution in [0.15, 0.2) is 54.9 Å². The molecule has 0 aliphatic heterocycles. The lowest BCUT2D eigenvalue weighted by atomic mass is 9.85. The highest BCUT2D eigenvalue weighted by Gasteiger charge is 2.30. The van der Waals surface area contributed by atoms with Gasteiger partial charge in [-0.1, -0.05) is 31.2 Å². The Balaban J connectivity index is 1.61. The van der Waals surface area contributed by atoms with E-state index in [9.17, 15) is 5.11 Å². The van der Waals surface area contributed by atoms with Crippen molar-refractivity contribution in [3.63, 3.8) is 0 Å². The fraction of sp³-hybridized carbons (Fsp3) is 0.407. The Morgan fingerprint density at radius 1 is 1.10 bits per heavy atom. The van der Waals surface area contributed by atoms with Gasteiger partial charge in [0.25, 0.3) is 0 Å². The van der Waals surface area contributed by atoms with Gasteiger partial charge in [0.05, 0.1) is 20.3 Å². The van der Waals surface area contributed by atoms with Crippen LogP contribution in [-0.4, -0.2) is 23.9 Å². The van der Waals surface area contributed by atoms with Gasteiger partial charge in [-0.05, 0) is 66.5 Å². The van der Waals surface area contributed by atoms with Crippen LogP contribution in [0.3, 0.4) is 0 Å². The molecule has 0 bridgehead atoms. The SMILES string of the molecule is CCc1c(OC)cc([C@@H](O)[C@@H](CC2Cc3ccccc3C2)Cn2c[c]cc2)cc1OC. The molecule has 4 nitrogen and oxygen atoms in total. The van der Waals surface area contributed by atoms with Crippen molar-refractivity contribution in [3.05, 3.63) is 83.2 Å². The van der Waals surface area contributed by atoms with Gasteiger partial charge in [-0.25, -0.2) is 0 Å². The molecule has 0 saturated heterocycles. The first-order valence-corrected chi connectivity index (χ1v) is 11.1. The number of benzene rings is 2. The number of aliphatic hydroxyl groups excluding tert-OH is 1. The third kappa shape index (κ3) is 4.64. The zero-order valence-corrected chi connectivity index (χ0v) is 18.7. The Labute approximate surface area is 185 Å². The summed E-state index contributed by atoms with van der Waals surface area (Å²) < 4.78 is 13.4. The number of hydrogen-bond acceptors (Lipinski definition) is 3. The molecular formula is C27H32NO3. The van der Waals surface area contributed by atoms with E-state index in [2.05, 4.69) is 41.8 Å². The first-order chi connectivity index (χ1) is 15.1. The lowest BCUT2D eigenvalue weighted by Crippen LogP contribution is -2.22. The summed E-state index contributed by atoms with van der Waals surface area (Å²) in [5, 5.41) is 11.5. The fourth-order valence-corrected chi connectivity index (χ4v) is 5.05. The van der Waals surface area contributed by atoms with Crippen LogP contribution in [0.2, 0.25) is 0 Å². The van der Waals surface area contributed by atoms with Crippen molar-refractivity contribution in [1.29, 1.82) is 0 Å². The van der Waals surface area contributed by atoms with Crippen LogP contribution in [0, 0.1) is 17.9 Å². The van der Waals surface area contributed by atoms with E-state index in [1.165, 1.54) is 11.1 Å². The molecule has 1 heterocycles. The van der Waals surface area contributed by atoms with Crippen molar-refractivity contribution < 1.29 is 14.6 Å². The number of fused-ring (bicyclic) bond motifs is 1. The Kier molecular flexibility index (Phi) is 6.67. The van der Waals surface area contributed by atoms with Gasteiger partial charge >= 0.3 is 0 Å². The van der Waals surface area contributed by atoms with Crippen molar-refractivity contribution in [2.75, 3.05) is 14.2 Å². The van der Waals surface area contributed by atoms with Gasteiger partial charge in [0.2, 0.25) is 0 Å². The van der Waals surface area contributed by atoms with Crippen LogP contribution < -0.4 is 9.47 Å². The van der Waals surface area contributed by atoms with Crippen LogP contribution >= 0.6 is 0 Å². The first-order valence-electron chi connectivity index (χ1n) is 11.1. The summed E-state index contributed by atoms with van der Waals surface area (Å²) in [6.45, 7) is 2.83. The average Bonchev–Trinajstić information content (AvgIpc) is 3.46. The van der Waals surface area contributed by atoms with Crippen LogP contribution in [0.5, 0.6) is 11.5 Å². The number of ether oxygens (including phenoxy) is 2. The molecule has 4 rings (SSSR count). The molecule has 1 aliphatic carbocycles. The Bertz CT molecular complexity index is 945. The molecule has 1 N–H and O–H groups in total. The Hall–Kier alpha value is -2.72. The summed E-state index contributed by atoms with van der Waals surface area (Å²) in [6.07, 6.45) is 7.28. The van der Waals surface area contributed by atoms with Gasteiger partial charge in [-0.15, -0.1) is 0 Å². The van der Waals surface area contributed by atoms with Crippen LogP contribution in [0.4, 0.5) is 0 Å². The number of nitrogens with zero attached hydrogens (tertiary/aromatic N) is 1.